The van der Waals surface area contributed by atoms with Crippen LogP contribution in [0.5, 0.6) is 0 Å². The van der Waals surface area contributed by atoms with E-state index < -0.39 is 5.91 Å². The van der Waals surface area contributed by atoms with Gasteiger partial charge in [-0.1, -0.05) is 17.7 Å². The van der Waals surface area contributed by atoms with Crippen LogP contribution in [0, 0.1) is 13.8 Å². The third-order valence-electron chi connectivity index (χ3n) is 2.95. The van der Waals surface area contributed by atoms with Crippen molar-refractivity contribution in [2.75, 3.05) is 0 Å². The molecule has 1 heterocycles. The molecule has 0 fully saturated rings. The van der Waals surface area contributed by atoms with Crippen molar-refractivity contribution in [3.05, 3.63) is 50.2 Å². The first-order valence-corrected chi connectivity index (χ1v) is 6.85. The predicted molar refractivity (Wildman–Crippen MR) is 78.5 cm³/mol. The highest BCUT2D eigenvalue weighted by Gasteiger charge is 2.11. The largest absolute Gasteiger partial charge is 0.366 e. The number of nitrogens with two attached hydrogens (primary N) is 1. The Hall–Kier alpha value is -1.33. The number of carbonyl (C=O) groups excluding carboxylic acids is 1. The zero-order valence-corrected chi connectivity index (χ0v) is 12.9. The second kappa shape index (κ2) is 5.35. The van der Waals surface area contributed by atoms with Gasteiger partial charge in [0.15, 0.2) is 0 Å². The molecule has 2 rings (SSSR count). The summed E-state index contributed by atoms with van der Waals surface area (Å²) in [6, 6.07) is 5.05. The number of amides is 1. The van der Waals surface area contributed by atoms with Crippen LogP contribution < -0.4 is 5.73 Å². The molecule has 4 nitrogen and oxygen atoms in total. The maximum atomic E-state index is 11.1. The number of aryl methyl sites for hydroxylation is 1. The average Bonchev–Trinajstić information content (AvgIpc) is 2.59. The molecule has 1 aromatic carbocycles. The monoisotopic (exact) mass is 341 g/mol. The summed E-state index contributed by atoms with van der Waals surface area (Å²) in [7, 11) is 0. The highest BCUT2D eigenvalue weighted by atomic mass is 79.9. The van der Waals surface area contributed by atoms with E-state index in [4.69, 9.17) is 17.3 Å². The fraction of sp³-hybridized carbons (Fsp3) is 0.231. The van der Waals surface area contributed by atoms with Crippen molar-refractivity contribution in [1.29, 1.82) is 0 Å². The third kappa shape index (κ3) is 2.82. The van der Waals surface area contributed by atoms with Gasteiger partial charge >= 0.3 is 0 Å². The molecule has 1 amide bonds. The zero-order chi connectivity index (χ0) is 14.2. The lowest BCUT2D eigenvalue weighted by Gasteiger charge is -2.08. The van der Waals surface area contributed by atoms with Crippen molar-refractivity contribution >= 4 is 33.4 Å². The molecule has 19 heavy (non-hydrogen) atoms. The molecule has 0 spiro atoms. The Kier molecular flexibility index (Phi) is 3.96. The second-order valence-corrected chi connectivity index (χ2v) is 5.51. The molecule has 0 aliphatic carbocycles. The van der Waals surface area contributed by atoms with E-state index in [9.17, 15) is 4.79 Å². The fourth-order valence-corrected chi connectivity index (χ4v) is 2.34. The Balaban J connectivity index is 2.33. The minimum atomic E-state index is -0.484. The van der Waals surface area contributed by atoms with E-state index in [0.29, 0.717) is 17.1 Å². The number of halogens is 2. The molecule has 6 heteroatoms. The maximum absolute atomic E-state index is 11.1. The van der Waals surface area contributed by atoms with Crippen molar-refractivity contribution in [2.24, 2.45) is 5.73 Å². The van der Waals surface area contributed by atoms with Gasteiger partial charge in [-0.05, 0) is 47.5 Å². The lowest BCUT2D eigenvalue weighted by Crippen LogP contribution is -2.11. The van der Waals surface area contributed by atoms with Crippen LogP contribution in [-0.4, -0.2) is 15.7 Å². The van der Waals surface area contributed by atoms with Gasteiger partial charge in [0.05, 0.1) is 22.4 Å². The molecular formula is C13H13BrClN3O. The van der Waals surface area contributed by atoms with Gasteiger partial charge in [0.1, 0.15) is 0 Å². The summed E-state index contributed by atoms with van der Waals surface area (Å²) in [6.45, 7) is 4.47. The molecule has 0 aliphatic heterocycles. The molecule has 0 bridgehead atoms. The number of carbonyl (C=O) groups is 1. The Morgan fingerprint density at radius 1 is 1.47 bits per heavy atom. The summed E-state index contributed by atoms with van der Waals surface area (Å²) in [5, 5.41) is 4.94. The van der Waals surface area contributed by atoms with Crippen LogP contribution in [-0.2, 0) is 6.54 Å². The summed E-state index contributed by atoms with van der Waals surface area (Å²) in [6.07, 6.45) is 0. The van der Waals surface area contributed by atoms with E-state index in [-0.39, 0.29) is 0 Å². The quantitative estimate of drug-likeness (QED) is 0.932. The molecule has 0 atom stereocenters. The van der Waals surface area contributed by atoms with Gasteiger partial charge in [0, 0.05) is 10.6 Å². The highest BCUT2D eigenvalue weighted by Crippen LogP contribution is 2.23. The van der Waals surface area contributed by atoms with Crippen LogP contribution >= 0.6 is 27.5 Å². The number of benzene rings is 1. The van der Waals surface area contributed by atoms with Crippen LogP contribution in [0.2, 0.25) is 5.02 Å². The van der Waals surface area contributed by atoms with Crippen molar-refractivity contribution in [3.8, 4) is 0 Å². The highest BCUT2D eigenvalue weighted by molar-refractivity contribution is 9.10. The lowest BCUT2D eigenvalue weighted by molar-refractivity contribution is 0.100. The van der Waals surface area contributed by atoms with Crippen LogP contribution in [0.1, 0.15) is 27.3 Å². The fourth-order valence-electron chi connectivity index (χ4n) is 1.82. The summed E-state index contributed by atoms with van der Waals surface area (Å²) >= 11 is 9.65. The number of primary amides is 1. The van der Waals surface area contributed by atoms with Crippen molar-refractivity contribution < 1.29 is 4.79 Å². The van der Waals surface area contributed by atoms with Gasteiger partial charge in [-0.2, -0.15) is 5.10 Å². The Morgan fingerprint density at radius 2 is 2.16 bits per heavy atom. The Morgan fingerprint density at radius 3 is 2.63 bits per heavy atom. The maximum Gasteiger partial charge on any atom is 0.248 e. The first-order valence-electron chi connectivity index (χ1n) is 5.68. The van der Waals surface area contributed by atoms with E-state index in [1.165, 1.54) is 0 Å². The number of rotatable bonds is 3. The molecule has 0 unspecified atom stereocenters. The number of nitrogens with zero attached hydrogens (tertiary/aromatic N) is 2. The number of hydrogen-bond donors (Lipinski definition) is 1. The summed E-state index contributed by atoms with van der Waals surface area (Å²) in [4.78, 5) is 11.1. The van der Waals surface area contributed by atoms with E-state index in [0.717, 1.165) is 21.4 Å². The average molecular weight is 343 g/mol. The lowest BCUT2D eigenvalue weighted by atomic mass is 10.1. The number of aromatic nitrogens is 2. The number of hydrogen-bond acceptors (Lipinski definition) is 2. The molecule has 0 saturated carbocycles. The Bertz CT molecular complexity index is 652. The van der Waals surface area contributed by atoms with Crippen LogP contribution in [0.4, 0.5) is 0 Å². The Labute approximate surface area is 124 Å². The van der Waals surface area contributed by atoms with Gasteiger partial charge in [-0.15, -0.1) is 0 Å². The minimum Gasteiger partial charge on any atom is -0.366 e. The van der Waals surface area contributed by atoms with Crippen molar-refractivity contribution in [2.45, 2.75) is 20.4 Å². The molecule has 0 saturated heterocycles. The molecule has 0 radical (unpaired) electrons. The molecule has 1 aromatic heterocycles. The van der Waals surface area contributed by atoms with Gasteiger partial charge in [-0.25, -0.2) is 0 Å². The van der Waals surface area contributed by atoms with E-state index in [2.05, 4.69) is 21.0 Å². The van der Waals surface area contributed by atoms with Crippen molar-refractivity contribution in [3.63, 3.8) is 0 Å². The molecule has 100 valence electrons. The summed E-state index contributed by atoms with van der Waals surface area (Å²) in [5.41, 5.74) is 8.48. The standard InChI is InChI=1S/C13H13BrClN3O/c1-7-12(14)8(2)18(17-7)6-10-4-3-9(13(16)19)5-11(10)15/h3-5H,6H2,1-2H3,(H2,16,19). The van der Waals surface area contributed by atoms with Gasteiger partial charge in [0.25, 0.3) is 0 Å². The zero-order valence-electron chi connectivity index (χ0n) is 10.6. The summed E-state index contributed by atoms with van der Waals surface area (Å²) < 4.78 is 2.86. The van der Waals surface area contributed by atoms with E-state index in [1.807, 2.05) is 18.5 Å². The van der Waals surface area contributed by atoms with Crippen LogP contribution in [0.25, 0.3) is 0 Å². The summed E-state index contributed by atoms with van der Waals surface area (Å²) in [5.74, 6) is -0.484. The van der Waals surface area contributed by atoms with Crippen molar-refractivity contribution in [1.82, 2.24) is 9.78 Å². The van der Waals surface area contributed by atoms with Gasteiger partial charge in [0.2, 0.25) is 5.91 Å². The molecule has 0 aliphatic rings. The van der Waals surface area contributed by atoms with E-state index >= 15 is 0 Å². The predicted octanol–water partition coefficient (Wildman–Crippen LogP) is 3.06. The van der Waals surface area contributed by atoms with E-state index in [1.54, 1.807) is 18.2 Å². The normalized spacial score (nSPS) is 10.7. The molecular weight excluding hydrogens is 330 g/mol. The topological polar surface area (TPSA) is 60.9 Å². The van der Waals surface area contributed by atoms with Crippen LogP contribution in [0.3, 0.4) is 0 Å². The second-order valence-electron chi connectivity index (χ2n) is 4.31. The first-order chi connectivity index (χ1) is 8.90. The van der Waals surface area contributed by atoms with Gasteiger partial charge < -0.3 is 5.73 Å². The van der Waals surface area contributed by atoms with Crippen LogP contribution in [0.15, 0.2) is 22.7 Å². The molecule has 2 N–H and O–H groups in total. The first kappa shape index (κ1) is 14.1. The SMILES string of the molecule is Cc1nn(Cc2ccc(C(N)=O)cc2Cl)c(C)c1Br. The molecule has 2 aromatic rings. The minimum absolute atomic E-state index is 0.406. The third-order valence-corrected chi connectivity index (χ3v) is 4.45. The smallest absolute Gasteiger partial charge is 0.248 e. The van der Waals surface area contributed by atoms with Gasteiger partial charge in [-0.3, -0.25) is 9.48 Å².